The zero-order valence-corrected chi connectivity index (χ0v) is 22.6. The minimum Gasteiger partial charge on any atom is -0.361 e. The number of halogens is 2. The number of aromatic nitrogens is 4. The number of tetrazole rings is 1. The Morgan fingerprint density at radius 3 is 2.40 bits per heavy atom. The highest BCUT2D eigenvalue weighted by molar-refractivity contribution is 6.02. The molecule has 0 atom stereocenters. The third-order valence-electron chi connectivity index (χ3n) is 7.17. The fourth-order valence-electron chi connectivity index (χ4n) is 5.29. The van der Waals surface area contributed by atoms with E-state index >= 15 is 0 Å². The zero-order valence-electron chi connectivity index (χ0n) is 22.6. The molecule has 0 saturated heterocycles. The summed E-state index contributed by atoms with van der Waals surface area (Å²) in [5, 5.41) is 20.1. The van der Waals surface area contributed by atoms with Crippen molar-refractivity contribution in [1.82, 2.24) is 20.6 Å². The first-order valence-electron chi connectivity index (χ1n) is 13.5. The Bertz CT molecular complexity index is 1430. The summed E-state index contributed by atoms with van der Waals surface area (Å²) in [5.41, 5.74) is 5.11. The lowest BCUT2D eigenvalue weighted by molar-refractivity contribution is 0.0272. The molecular weight excluding hydrogens is 512 g/mol. The van der Waals surface area contributed by atoms with Crippen molar-refractivity contribution >= 4 is 23.1 Å². The maximum Gasteiger partial charge on any atom is 0.323 e. The van der Waals surface area contributed by atoms with E-state index in [0.717, 1.165) is 61.3 Å². The van der Waals surface area contributed by atoms with Crippen LogP contribution < -0.4 is 15.5 Å². The summed E-state index contributed by atoms with van der Waals surface area (Å²) in [6.07, 6.45) is 4.74. The van der Waals surface area contributed by atoms with Crippen molar-refractivity contribution in [1.29, 1.82) is 0 Å². The van der Waals surface area contributed by atoms with E-state index in [4.69, 9.17) is 0 Å². The summed E-state index contributed by atoms with van der Waals surface area (Å²) < 4.78 is 29.0. The summed E-state index contributed by atoms with van der Waals surface area (Å²) >= 11 is 0. The second kappa shape index (κ2) is 11.8. The van der Waals surface area contributed by atoms with Gasteiger partial charge in [0.2, 0.25) is 0 Å². The summed E-state index contributed by atoms with van der Waals surface area (Å²) in [4.78, 5) is 15.0. The normalized spacial score (nSPS) is 14.1. The van der Waals surface area contributed by atoms with Gasteiger partial charge in [-0.2, -0.15) is 0 Å². The van der Waals surface area contributed by atoms with Gasteiger partial charge in [0.25, 0.3) is 5.92 Å². The highest BCUT2D eigenvalue weighted by atomic mass is 19.3. The maximum atomic E-state index is 14.5. The Morgan fingerprint density at radius 1 is 1.00 bits per heavy atom. The van der Waals surface area contributed by atoms with Gasteiger partial charge in [0.1, 0.15) is 0 Å². The highest BCUT2D eigenvalue weighted by Crippen LogP contribution is 2.39. The third kappa shape index (κ3) is 6.62. The van der Waals surface area contributed by atoms with Crippen molar-refractivity contribution in [3.05, 3.63) is 72.3 Å². The highest BCUT2D eigenvalue weighted by Gasteiger charge is 2.32. The summed E-state index contributed by atoms with van der Waals surface area (Å²) in [7, 11) is 0. The minimum atomic E-state index is -2.91. The van der Waals surface area contributed by atoms with E-state index in [1.807, 2.05) is 73.7 Å². The van der Waals surface area contributed by atoms with Gasteiger partial charge in [0, 0.05) is 24.2 Å². The van der Waals surface area contributed by atoms with Gasteiger partial charge in [0.05, 0.1) is 17.9 Å². The first-order valence-corrected chi connectivity index (χ1v) is 13.5. The molecule has 0 bridgehead atoms. The van der Waals surface area contributed by atoms with E-state index in [2.05, 4.69) is 31.3 Å². The third-order valence-corrected chi connectivity index (χ3v) is 7.17. The number of aryl methyl sites for hydroxylation is 1. The van der Waals surface area contributed by atoms with Crippen molar-refractivity contribution in [3.8, 4) is 22.5 Å². The molecule has 4 aromatic rings. The van der Waals surface area contributed by atoms with Gasteiger partial charge < -0.3 is 15.5 Å². The number of carbonyl (C=O) groups excluding carboxylic acids is 1. The lowest BCUT2D eigenvalue weighted by Gasteiger charge is -2.38. The van der Waals surface area contributed by atoms with Crippen LogP contribution in [0.1, 0.15) is 44.6 Å². The average Bonchev–Trinajstić information content (AvgIpc) is 3.48. The van der Waals surface area contributed by atoms with E-state index in [1.54, 1.807) is 4.90 Å². The second-order valence-electron chi connectivity index (χ2n) is 10.5. The van der Waals surface area contributed by atoms with Gasteiger partial charge in [-0.15, -0.1) is 5.10 Å². The van der Waals surface area contributed by atoms with Crippen molar-refractivity contribution in [2.75, 3.05) is 22.1 Å². The Balaban J connectivity index is 1.56. The number of nitrogens with zero attached hydrogens (tertiary/aromatic N) is 4. The molecule has 2 amide bonds. The number of carbonyl (C=O) groups is 1. The Hall–Kier alpha value is -4.34. The van der Waals surface area contributed by atoms with Crippen molar-refractivity contribution in [3.63, 3.8) is 0 Å². The molecule has 0 unspecified atom stereocenters. The van der Waals surface area contributed by atoms with Crippen molar-refractivity contribution in [2.24, 2.45) is 0 Å². The second-order valence-corrected chi connectivity index (χ2v) is 10.5. The number of amides is 2. The van der Waals surface area contributed by atoms with E-state index in [9.17, 15) is 13.6 Å². The van der Waals surface area contributed by atoms with Crippen LogP contribution >= 0.6 is 0 Å². The molecule has 3 aromatic carbocycles. The van der Waals surface area contributed by atoms with Crippen LogP contribution in [0.4, 0.5) is 30.6 Å². The first-order chi connectivity index (χ1) is 19.3. The van der Waals surface area contributed by atoms with Crippen LogP contribution in [0, 0.1) is 6.92 Å². The van der Waals surface area contributed by atoms with Crippen LogP contribution in [-0.4, -0.2) is 45.2 Å². The van der Waals surface area contributed by atoms with Crippen LogP contribution in [0.3, 0.4) is 0 Å². The number of alkyl halides is 2. The predicted octanol–water partition coefficient (Wildman–Crippen LogP) is 7.28. The predicted molar refractivity (Wildman–Crippen MR) is 154 cm³/mol. The van der Waals surface area contributed by atoms with Gasteiger partial charge in [-0.05, 0) is 65.6 Å². The molecule has 1 saturated carbocycles. The Morgan fingerprint density at radius 2 is 1.73 bits per heavy atom. The van der Waals surface area contributed by atoms with Gasteiger partial charge in [-0.1, -0.05) is 67.3 Å². The first kappa shape index (κ1) is 27.2. The molecule has 1 aliphatic rings. The number of rotatable bonds is 8. The molecule has 1 aromatic heterocycles. The van der Waals surface area contributed by atoms with Crippen molar-refractivity contribution in [2.45, 2.75) is 57.9 Å². The lowest BCUT2D eigenvalue weighted by Crippen LogP contribution is -2.44. The number of nitrogens with one attached hydrogen (secondary N) is 3. The van der Waals surface area contributed by atoms with Crippen LogP contribution in [-0.2, 0) is 0 Å². The number of urea groups is 1. The maximum absolute atomic E-state index is 14.5. The monoisotopic (exact) mass is 545 g/mol. The molecule has 1 heterocycles. The summed E-state index contributed by atoms with van der Waals surface area (Å²) in [6, 6.07) is 20.1. The fourth-order valence-corrected chi connectivity index (χ4v) is 5.29. The molecule has 40 heavy (non-hydrogen) atoms. The Labute approximate surface area is 232 Å². The van der Waals surface area contributed by atoms with Crippen LogP contribution in [0.5, 0.6) is 0 Å². The lowest BCUT2D eigenvalue weighted by atomic mass is 9.92. The van der Waals surface area contributed by atoms with E-state index < -0.39 is 18.5 Å². The van der Waals surface area contributed by atoms with E-state index in [-0.39, 0.29) is 6.04 Å². The molecular formula is C30H33F2N7O. The average molecular weight is 546 g/mol. The SMILES string of the molecule is Cc1ccc(NC(=O)Nc2cc(-c3ccccc3-c3nnn[nH]3)ccc2N(CC(C)(F)F)C2CCCCC2)cc1. The van der Waals surface area contributed by atoms with Gasteiger partial charge in [-0.25, -0.2) is 18.7 Å². The number of anilines is 3. The standard InChI is InChI=1S/C30H33F2N7O/c1-20-12-15-22(16-13-20)33-29(40)34-26-18-21(24-10-6-7-11-25(24)28-35-37-38-36-28)14-17-27(26)39(19-30(2,31)32)23-8-4-3-5-9-23/h6-7,10-18,23H,3-5,8-9,19H2,1-2H3,(H2,33,34,40)(H,35,36,37,38). The molecule has 208 valence electrons. The minimum absolute atomic E-state index is 0.0429. The molecule has 0 spiro atoms. The zero-order chi connectivity index (χ0) is 28.1. The van der Waals surface area contributed by atoms with Crippen molar-refractivity contribution < 1.29 is 13.6 Å². The smallest absolute Gasteiger partial charge is 0.323 e. The Kier molecular flexibility index (Phi) is 8.04. The number of hydrogen-bond donors (Lipinski definition) is 3. The van der Waals surface area contributed by atoms with Crippen LogP contribution in [0.2, 0.25) is 0 Å². The quantitative estimate of drug-likeness (QED) is 0.216. The molecule has 1 fully saturated rings. The van der Waals surface area contributed by atoms with Gasteiger partial charge in [0.15, 0.2) is 5.82 Å². The summed E-state index contributed by atoms with van der Waals surface area (Å²) in [6.45, 7) is 2.47. The van der Waals surface area contributed by atoms with E-state index in [1.165, 1.54) is 0 Å². The number of H-pyrrole nitrogens is 1. The van der Waals surface area contributed by atoms with Gasteiger partial charge in [-0.3, -0.25) is 0 Å². The molecule has 1 aliphatic carbocycles. The molecule has 0 radical (unpaired) electrons. The largest absolute Gasteiger partial charge is 0.361 e. The molecule has 0 aliphatic heterocycles. The van der Waals surface area contributed by atoms with Gasteiger partial charge >= 0.3 is 6.03 Å². The molecule has 3 N–H and O–H groups in total. The number of hydrogen-bond acceptors (Lipinski definition) is 5. The van der Waals surface area contributed by atoms with Crippen LogP contribution in [0.15, 0.2) is 66.7 Å². The fraction of sp³-hybridized carbons (Fsp3) is 0.333. The van der Waals surface area contributed by atoms with E-state index in [0.29, 0.717) is 22.9 Å². The molecule has 5 rings (SSSR count). The molecule has 10 heteroatoms. The number of aromatic amines is 1. The number of benzene rings is 3. The topological polar surface area (TPSA) is 98.8 Å². The molecule has 8 nitrogen and oxygen atoms in total. The summed E-state index contributed by atoms with van der Waals surface area (Å²) in [5.74, 6) is -2.41. The van der Waals surface area contributed by atoms with Crippen LogP contribution in [0.25, 0.3) is 22.5 Å².